The molecule has 0 aliphatic heterocycles. The van der Waals surface area contributed by atoms with E-state index in [1.165, 1.54) is 18.2 Å². The summed E-state index contributed by atoms with van der Waals surface area (Å²) < 4.78 is 0. The molecular weight excluding hydrogens is 250 g/mol. The van der Waals surface area contributed by atoms with Gasteiger partial charge in [0.2, 0.25) is 0 Å². The normalized spacial score (nSPS) is 9.53. The molecule has 1 aromatic carbocycles. The summed E-state index contributed by atoms with van der Waals surface area (Å²) in [6.45, 7) is 2.35. The molecule has 1 aromatic rings. The standard InChI is InChI=1S/C11H13N5O3/c1-8-3-4-9(16(18)19)7-10(8)11(17)13-5-2-6-14-15-12/h3-4,7H,2,5-6H2,1H3,(H,13,17). The number of carbonyl (C=O) groups excluding carboxylic acids is 1. The molecule has 19 heavy (non-hydrogen) atoms. The Morgan fingerprint density at radius 3 is 2.95 bits per heavy atom. The lowest BCUT2D eigenvalue weighted by Gasteiger charge is -2.06. The molecule has 8 nitrogen and oxygen atoms in total. The van der Waals surface area contributed by atoms with Gasteiger partial charge in [0.25, 0.3) is 11.6 Å². The second-order valence-electron chi connectivity index (χ2n) is 3.82. The second-order valence-corrected chi connectivity index (χ2v) is 3.82. The summed E-state index contributed by atoms with van der Waals surface area (Å²) in [5.41, 5.74) is 8.90. The van der Waals surface area contributed by atoms with Crippen LogP contribution in [0.25, 0.3) is 10.4 Å². The van der Waals surface area contributed by atoms with Gasteiger partial charge in [0.1, 0.15) is 0 Å². The van der Waals surface area contributed by atoms with Gasteiger partial charge in [-0.1, -0.05) is 11.2 Å². The molecule has 1 N–H and O–H groups in total. The molecule has 0 spiro atoms. The predicted octanol–water partition coefficient (Wildman–Crippen LogP) is 2.33. The van der Waals surface area contributed by atoms with Crippen LogP contribution in [0, 0.1) is 17.0 Å². The first-order chi connectivity index (χ1) is 9.06. The Bertz CT molecular complexity index is 537. The number of nitro benzene ring substituents is 1. The van der Waals surface area contributed by atoms with Crippen molar-refractivity contribution in [3.05, 3.63) is 49.9 Å². The first-order valence-corrected chi connectivity index (χ1v) is 5.60. The maximum atomic E-state index is 11.8. The van der Waals surface area contributed by atoms with Crippen LogP contribution in [0.4, 0.5) is 5.69 Å². The van der Waals surface area contributed by atoms with Crippen LogP contribution in [0.15, 0.2) is 23.3 Å². The monoisotopic (exact) mass is 263 g/mol. The van der Waals surface area contributed by atoms with Gasteiger partial charge in [-0.05, 0) is 24.4 Å². The van der Waals surface area contributed by atoms with E-state index in [0.717, 1.165) is 0 Å². The van der Waals surface area contributed by atoms with Crippen molar-refractivity contribution >= 4 is 11.6 Å². The molecule has 0 aliphatic rings. The number of carbonyl (C=O) groups is 1. The van der Waals surface area contributed by atoms with Crippen molar-refractivity contribution in [1.29, 1.82) is 0 Å². The van der Waals surface area contributed by atoms with E-state index in [1.54, 1.807) is 6.92 Å². The lowest BCUT2D eigenvalue weighted by Crippen LogP contribution is -2.25. The highest BCUT2D eigenvalue weighted by Gasteiger charge is 2.13. The van der Waals surface area contributed by atoms with Gasteiger partial charge < -0.3 is 5.32 Å². The average molecular weight is 263 g/mol. The zero-order valence-corrected chi connectivity index (χ0v) is 10.4. The van der Waals surface area contributed by atoms with Crippen LogP contribution in [0.3, 0.4) is 0 Å². The Labute approximate surface area is 109 Å². The summed E-state index contributed by atoms with van der Waals surface area (Å²) in [7, 11) is 0. The SMILES string of the molecule is Cc1ccc([N+](=O)[O-])cc1C(=O)NCCCN=[N+]=[N-]. The number of nitrogens with zero attached hydrogens (tertiary/aromatic N) is 4. The fourth-order valence-corrected chi connectivity index (χ4v) is 1.46. The fraction of sp³-hybridized carbons (Fsp3) is 0.364. The number of amides is 1. The van der Waals surface area contributed by atoms with E-state index in [4.69, 9.17) is 5.53 Å². The van der Waals surface area contributed by atoms with Crippen molar-refractivity contribution in [3.63, 3.8) is 0 Å². The van der Waals surface area contributed by atoms with Crippen LogP contribution in [0.5, 0.6) is 0 Å². The molecule has 0 bridgehead atoms. The number of benzene rings is 1. The van der Waals surface area contributed by atoms with Crippen molar-refractivity contribution in [2.24, 2.45) is 5.11 Å². The van der Waals surface area contributed by atoms with Gasteiger partial charge >= 0.3 is 0 Å². The van der Waals surface area contributed by atoms with Gasteiger partial charge in [0, 0.05) is 35.7 Å². The Kier molecular flexibility index (Phi) is 5.31. The lowest BCUT2D eigenvalue weighted by molar-refractivity contribution is -0.384. The lowest BCUT2D eigenvalue weighted by atomic mass is 10.1. The Morgan fingerprint density at radius 1 is 1.58 bits per heavy atom. The van der Waals surface area contributed by atoms with E-state index < -0.39 is 4.92 Å². The second kappa shape index (κ2) is 6.97. The van der Waals surface area contributed by atoms with Crippen LogP contribution >= 0.6 is 0 Å². The zero-order chi connectivity index (χ0) is 14.3. The first-order valence-electron chi connectivity index (χ1n) is 5.60. The summed E-state index contributed by atoms with van der Waals surface area (Å²) in [6.07, 6.45) is 0.518. The quantitative estimate of drug-likeness (QED) is 0.211. The van der Waals surface area contributed by atoms with E-state index in [-0.39, 0.29) is 17.2 Å². The minimum absolute atomic E-state index is 0.121. The Balaban J connectivity index is 2.68. The molecule has 0 aromatic heterocycles. The number of nitrogens with one attached hydrogen (secondary N) is 1. The van der Waals surface area contributed by atoms with Crippen molar-refractivity contribution in [2.75, 3.05) is 13.1 Å². The predicted molar refractivity (Wildman–Crippen MR) is 68.8 cm³/mol. The third-order valence-corrected chi connectivity index (χ3v) is 2.46. The number of aryl methyl sites for hydroxylation is 1. The molecule has 1 rings (SSSR count). The molecule has 1 amide bonds. The van der Waals surface area contributed by atoms with Gasteiger partial charge in [-0.25, -0.2) is 0 Å². The maximum absolute atomic E-state index is 11.8. The van der Waals surface area contributed by atoms with E-state index in [0.29, 0.717) is 25.1 Å². The average Bonchev–Trinajstić information content (AvgIpc) is 2.38. The summed E-state index contributed by atoms with van der Waals surface area (Å²) >= 11 is 0. The number of hydrogen-bond donors (Lipinski definition) is 1. The molecule has 100 valence electrons. The Hall–Kier alpha value is -2.60. The molecule has 0 aliphatic carbocycles. The number of rotatable bonds is 6. The summed E-state index contributed by atoms with van der Waals surface area (Å²) in [5, 5.41) is 16.6. The van der Waals surface area contributed by atoms with Crippen molar-refractivity contribution in [2.45, 2.75) is 13.3 Å². The topological polar surface area (TPSA) is 121 Å². The minimum atomic E-state index is -0.544. The van der Waals surface area contributed by atoms with Gasteiger partial charge in [-0.2, -0.15) is 0 Å². The summed E-state index contributed by atoms with van der Waals surface area (Å²) in [5.74, 6) is -0.373. The number of nitro groups is 1. The van der Waals surface area contributed by atoms with E-state index in [2.05, 4.69) is 15.3 Å². The van der Waals surface area contributed by atoms with Gasteiger partial charge in [0.05, 0.1) is 4.92 Å². The van der Waals surface area contributed by atoms with Crippen LogP contribution in [-0.2, 0) is 0 Å². The van der Waals surface area contributed by atoms with Gasteiger partial charge in [0.15, 0.2) is 0 Å². The largest absolute Gasteiger partial charge is 0.352 e. The number of non-ortho nitro benzene ring substituents is 1. The minimum Gasteiger partial charge on any atom is -0.352 e. The molecule has 0 radical (unpaired) electrons. The van der Waals surface area contributed by atoms with Crippen molar-refractivity contribution in [3.8, 4) is 0 Å². The first kappa shape index (κ1) is 14.5. The molecule has 0 fully saturated rings. The van der Waals surface area contributed by atoms with E-state index in [1.807, 2.05) is 0 Å². The van der Waals surface area contributed by atoms with Crippen LogP contribution in [-0.4, -0.2) is 23.9 Å². The highest BCUT2D eigenvalue weighted by atomic mass is 16.6. The Morgan fingerprint density at radius 2 is 2.32 bits per heavy atom. The third kappa shape index (κ3) is 4.29. The third-order valence-electron chi connectivity index (χ3n) is 2.46. The smallest absolute Gasteiger partial charge is 0.270 e. The van der Waals surface area contributed by atoms with E-state index >= 15 is 0 Å². The van der Waals surface area contributed by atoms with Crippen LogP contribution in [0.1, 0.15) is 22.3 Å². The van der Waals surface area contributed by atoms with Crippen LogP contribution < -0.4 is 5.32 Å². The van der Waals surface area contributed by atoms with Crippen molar-refractivity contribution in [1.82, 2.24) is 5.32 Å². The van der Waals surface area contributed by atoms with Gasteiger partial charge in [-0.3, -0.25) is 14.9 Å². The number of azide groups is 1. The summed E-state index contributed by atoms with van der Waals surface area (Å²) in [6, 6.07) is 4.14. The maximum Gasteiger partial charge on any atom is 0.270 e. The molecule has 0 heterocycles. The molecule has 0 atom stereocenters. The fourth-order valence-electron chi connectivity index (χ4n) is 1.46. The molecule has 8 heteroatoms. The zero-order valence-electron chi connectivity index (χ0n) is 10.4. The van der Waals surface area contributed by atoms with E-state index in [9.17, 15) is 14.9 Å². The summed E-state index contributed by atoms with van der Waals surface area (Å²) in [4.78, 5) is 24.5. The number of hydrogen-bond acceptors (Lipinski definition) is 4. The van der Waals surface area contributed by atoms with Gasteiger partial charge in [-0.15, -0.1) is 0 Å². The molecule has 0 saturated carbocycles. The highest BCUT2D eigenvalue weighted by molar-refractivity contribution is 5.96. The molecular formula is C11H13N5O3. The molecule has 0 saturated heterocycles. The van der Waals surface area contributed by atoms with Crippen LogP contribution in [0.2, 0.25) is 0 Å². The highest BCUT2D eigenvalue weighted by Crippen LogP contribution is 2.17. The molecule has 0 unspecified atom stereocenters. The van der Waals surface area contributed by atoms with Crippen molar-refractivity contribution < 1.29 is 9.72 Å².